The summed E-state index contributed by atoms with van der Waals surface area (Å²) >= 11 is 3.19. The van der Waals surface area contributed by atoms with Crippen LogP contribution in [0.2, 0.25) is 0 Å². The van der Waals surface area contributed by atoms with Crippen LogP contribution in [0.5, 0.6) is 5.75 Å². The summed E-state index contributed by atoms with van der Waals surface area (Å²) in [7, 11) is 0. The molecule has 1 atom stereocenters. The second-order valence-corrected chi connectivity index (χ2v) is 5.18. The second kappa shape index (κ2) is 7.22. The van der Waals surface area contributed by atoms with Crippen molar-refractivity contribution in [1.82, 2.24) is 0 Å². The zero-order valence-corrected chi connectivity index (χ0v) is 13.0. The Bertz CT molecular complexity index is 596. The van der Waals surface area contributed by atoms with E-state index in [2.05, 4.69) is 15.9 Å². The van der Waals surface area contributed by atoms with Crippen LogP contribution in [0, 0.1) is 5.82 Å². The first-order valence-corrected chi connectivity index (χ1v) is 7.23. The first-order valence-electron chi connectivity index (χ1n) is 6.44. The van der Waals surface area contributed by atoms with Gasteiger partial charge in [-0.05, 0) is 19.1 Å². The highest BCUT2D eigenvalue weighted by molar-refractivity contribution is 9.10. The van der Waals surface area contributed by atoms with Crippen LogP contribution < -0.4 is 4.74 Å². The molecule has 110 valence electrons. The van der Waals surface area contributed by atoms with E-state index in [-0.39, 0.29) is 12.4 Å². The van der Waals surface area contributed by atoms with E-state index in [0.29, 0.717) is 10.0 Å². The summed E-state index contributed by atoms with van der Waals surface area (Å²) in [5.74, 6) is -0.706. The molecule has 0 heterocycles. The molecule has 0 fully saturated rings. The van der Waals surface area contributed by atoms with Crippen molar-refractivity contribution in [2.45, 2.75) is 13.0 Å². The summed E-state index contributed by atoms with van der Waals surface area (Å²) in [5, 5.41) is 0. The Hall–Kier alpha value is -1.88. The Morgan fingerprint density at radius 2 is 1.95 bits per heavy atom. The standard InChI is InChI=1S/C16H14BrFO3/c1-2-20-16(19)15(11-6-4-3-5-7-11)21-14-9-12(17)8-13(18)10-14/h3-10,15H,2H2,1H3. The van der Waals surface area contributed by atoms with E-state index in [0.717, 1.165) is 0 Å². The van der Waals surface area contributed by atoms with Crippen LogP contribution in [0.1, 0.15) is 18.6 Å². The highest BCUT2D eigenvalue weighted by Crippen LogP contribution is 2.27. The molecule has 0 aliphatic rings. The van der Waals surface area contributed by atoms with Crippen molar-refractivity contribution in [3.05, 3.63) is 64.4 Å². The summed E-state index contributed by atoms with van der Waals surface area (Å²) < 4.78 is 24.6. The van der Waals surface area contributed by atoms with Crippen molar-refractivity contribution < 1.29 is 18.7 Å². The molecule has 0 aromatic heterocycles. The third-order valence-electron chi connectivity index (χ3n) is 2.69. The van der Waals surface area contributed by atoms with E-state index in [1.54, 1.807) is 37.3 Å². The number of rotatable bonds is 5. The predicted octanol–water partition coefficient (Wildman–Crippen LogP) is 4.27. The number of ether oxygens (including phenoxy) is 2. The third kappa shape index (κ3) is 4.29. The van der Waals surface area contributed by atoms with E-state index >= 15 is 0 Å². The molecule has 3 nitrogen and oxygen atoms in total. The Labute approximate surface area is 130 Å². The molecule has 0 aliphatic carbocycles. The Morgan fingerprint density at radius 3 is 2.57 bits per heavy atom. The molecule has 0 aliphatic heterocycles. The van der Waals surface area contributed by atoms with Crippen molar-refractivity contribution in [3.8, 4) is 5.75 Å². The van der Waals surface area contributed by atoms with Gasteiger partial charge in [0.05, 0.1) is 6.61 Å². The quantitative estimate of drug-likeness (QED) is 0.753. The zero-order chi connectivity index (χ0) is 15.2. The molecule has 2 rings (SSSR count). The average Bonchev–Trinajstić information content (AvgIpc) is 2.45. The van der Waals surface area contributed by atoms with Crippen molar-refractivity contribution in [2.24, 2.45) is 0 Å². The van der Waals surface area contributed by atoms with Crippen LogP contribution in [0.3, 0.4) is 0 Å². The smallest absolute Gasteiger partial charge is 0.352 e. The first kappa shape index (κ1) is 15.5. The van der Waals surface area contributed by atoms with Gasteiger partial charge in [-0.15, -0.1) is 0 Å². The highest BCUT2D eigenvalue weighted by Gasteiger charge is 2.24. The van der Waals surface area contributed by atoms with Crippen LogP contribution in [-0.2, 0) is 9.53 Å². The fourth-order valence-electron chi connectivity index (χ4n) is 1.83. The molecular formula is C16H14BrFO3. The molecule has 0 saturated carbocycles. The van der Waals surface area contributed by atoms with Crippen LogP contribution >= 0.6 is 15.9 Å². The molecule has 0 N–H and O–H groups in total. The van der Waals surface area contributed by atoms with Crippen LogP contribution in [0.15, 0.2) is 53.0 Å². The fraction of sp³-hybridized carbons (Fsp3) is 0.188. The lowest BCUT2D eigenvalue weighted by Crippen LogP contribution is -2.21. The van der Waals surface area contributed by atoms with Gasteiger partial charge in [0, 0.05) is 16.1 Å². The van der Waals surface area contributed by atoms with Gasteiger partial charge in [-0.25, -0.2) is 9.18 Å². The lowest BCUT2D eigenvalue weighted by Gasteiger charge is -2.18. The summed E-state index contributed by atoms with van der Waals surface area (Å²) in [4.78, 5) is 12.1. The lowest BCUT2D eigenvalue weighted by molar-refractivity contribution is -0.151. The molecule has 21 heavy (non-hydrogen) atoms. The Morgan fingerprint density at radius 1 is 1.24 bits per heavy atom. The lowest BCUT2D eigenvalue weighted by atomic mass is 10.1. The molecule has 0 bridgehead atoms. The summed E-state index contributed by atoms with van der Waals surface area (Å²) in [6.45, 7) is 1.97. The number of hydrogen-bond donors (Lipinski definition) is 0. The van der Waals surface area contributed by atoms with Gasteiger partial charge < -0.3 is 9.47 Å². The van der Waals surface area contributed by atoms with Crippen LogP contribution in [0.4, 0.5) is 4.39 Å². The molecule has 0 spiro atoms. The van der Waals surface area contributed by atoms with Gasteiger partial charge in [0.15, 0.2) is 0 Å². The van der Waals surface area contributed by atoms with E-state index in [4.69, 9.17) is 9.47 Å². The number of esters is 1. The number of carbonyl (C=O) groups excluding carboxylic acids is 1. The van der Waals surface area contributed by atoms with Gasteiger partial charge in [-0.1, -0.05) is 46.3 Å². The highest BCUT2D eigenvalue weighted by atomic mass is 79.9. The largest absolute Gasteiger partial charge is 0.474 e. The van der Waals surface area contributed by atoms with Gasteiger partial charge in [-0.2, -0.15) is 0 Å². The molecule has 1 unspecified atom stereocenters. The molecule has 5 heteroatoms. The number of carbonyl (C=O) groups is 1. The third-order valence-corrected chi connectivity index (χ3v) is 3.15. The van der Waals surface area contributed by atoms with E-state index < -0.39 is 17.9 Å². The van der Waals surface area contributed by atoms with Gasteiger partial charge in [0.1, 0.15) is 11.6 Å². The maximum Gasteiger partial charge on any atom is 0.352 e. The topological polar surface area (TPSA) is 35.5 Å². The van der Waals surface area contributed by atoms with Crippen LogP contribution in [-0.4, -0.2) is 12.6 Å². The average molecular weight is 353 g/mol. The molecule has 2 aromatic rings. The van der Waals surface area contributed by atoms with Gasteiger partial charge >= 0.3 is 5.97 Å². The fourth-order valence-corrected chi connectivity index (χ4v) is 2.27. The number of hydrogen-bond acceptors (Lipinski definition) is 3. The minimum absolute atomic E-state index is 0.248. The first-order chi connectivity index (χ1) is 10.1. The molecule has 0 radical (unpaired) electrons. The minimum Gasteiger partial charge on any atom is -0.474 e. The Balaban J connectivity index is 2.29. The van der Waals surface area contributed by atoms with Crippen molar-refractivity contribution in [2.75, 3.05) is 6.61 Å². The summed E-state index contributed by atoms with van der Waals surface area (Å²) in [5.41, 5.74) is 0.649. The molecular weight excluding hydrogens is 339 g/mol. The summed E-state index contributed by atoms with van der Waals surface area (Å²) in [6.07, 6.45) is -0.931. The minimum atomic E-state index is -0.931. The SMILES string of the molecule is CCOC(=O)C(Oc1cc(F)cc(Br)c1)c1ccccc1. The maximum absolute atomic E-state index is 13.4. The normalized spacial score (nSPS) is 11.8. The van der Waals surface area contributed by atoms with Crippen LogP contribution in [0.25, 0.3) is 0 Å². The van der Waals surface area contributed by atoms with Crippen molar-refractivity contribution in [3.63, 3.8) is 0 Å². The van der Waals surface area contributed by atoms with E-state index in [1.165, 1.54) is 12.1 Å². The number of benzene rings is 2. The van der Waals surface area contributed by atoms with E-state index in [9.17, 15) is 9.18 Å². The molecule has 2 aromatic carbocycles. The number of halogens is 2. The van der Waals surface area contributed by atoms with Gasteiger partial charge in [0.25, 0.3) is 0 Å². The molecule has 0 amide bonds. The van der Waals surface area contributed by atoms with Gasteiger partial charge in [-0.3, -0.25) is 0 Å². The summed E-state index contributed by atoms with van der Waals surface area (Å²) in [6, 6.07) is 13.1. The molecule has 0 saturated heterocycles. The van der Waals surface area contributed by atoms with E-state index in [1.807, 2.05) is 6.07 Å². The monoisotopic (exact) mass is 352 g/mol. The predicted molar refractivity (Wildman–Crippen MR) is 80.5 cm³/mol. The maximum atomic E-state index is 13.4. The van der Waals surface area contributed by atoms with Crippen molar-refractivity contribution >= 4 is 21.9 Å². The van der Waals surface area contributed by atoms with Gasteiger partial charge in [0.2, 0.25) is 6.10 Å². The second-order valence-electron chi connectivity index (χ2n) is 4.27. The Kier molecular flexibility index (Phi) is 5.33. The van der Waals surface area contributed by atoms with Crippen molar-refractivity contribution in [1.29, 1.82) is 0 Å². The zero-order valence-electron chi connectivity index (χ0n) is 11.4.